The molecule has 2 heterocycles. The van der Waals surface area contributed by atoms with Gasteiger partial charge in [0.05, 0.1) is 12.2 Å². The lowest BCUT2D eigenvalue weighted by atomic mass is 10.2. The highest BCUT2D eigenvalue weighted by atomic mass is 19.4. The number of amides is 1. The van der Waals surface area contributed by atoms with E-state index in [0.29, 0.717) is 13.1 Å². The zero-order valence-corrected chi connectivity index (χ0v) is 8.66. The van der Waals surface area contributed by atoms with Crippen molar-refractivity contribution in [1.29, 1.82) is 0 Å². The molecule has 1 aliphatic rings. The van der Waals surface area contributed by atoms with Gasteiger partial charge in [-0.15, -0.1) is 5.10 Å². The van der Waals surface area contributed by atoms with Gasteiger partial charge in [-0.2, -0.15) is 13.2 Å². The van der Waals surface area contributed by atoms with Gasteiger partial charge < -0.3 is 10.6 Å². The van der Waals surface area contributed by atoms with Crippen molar-refractivity contribution >= 4 is 5.91 Å². The first-order valence-electron chi connectivity index (χ1n) is 4.93. The Balaban J connectivity index is 1.92. The van der Waals surface area contributed by atoms with Crippen LogP contribution in [-0.2, 0) is 0 Å². The van der Waals surface area contributed by atoms with Gasteiger partial charge in [0.2, 0.25) is 0 Å². The minimum atomic E-state index is -4.43. The average molecular weight is 249 g/mol. The predicted molar refractivity (Wildman–Crippen MR) is 50.3 cm³/mol. The quantitative estimate of drug-likeness (QED) is 0.772. The van der Waals surface area contributed by atoms with Crippen molar-refractivity contribution in [3.05, 3.63) is 11.9 Å². The van der Waals surface area contributed by atoms with Gasteiger partial charge in [0.15, 0.2) is 5.69 Å². The maximum absolute atomic E-state index is 11.9. The van der Waals surface area contributed by atoms with E-state index in [1.54, 1.807) is 5.32 Å². The number of halogens is 3. The highest BCUT2D eigenvalue weighted by molar-refractivity contribution is 5.91. The van der Waals surface area contributed by atoms with Gasteiger partial charge in [-0.25, -0.2) is 4.68 Å². The second-order valence-corrected chi connectivity index (χ2v) is 3.69. The van der Waals surface area contributed by atoms with Gasteiger partial charge in [-0.05, 0) is 0 Å². The summed E-state index contributed by atoms with van der Waals surface area (Å²) in [6, 6.07) is 0.117. The van der Waals surface area contributed by atoms with Gasteiger partial charge in [0.1, 0.15) is 6.54 Å². The molecule has 1 aliphatic heterocycles. The summed E-state index contributed by atoms with van der Waals surface area (Å²) >= 11 is 0. The molecule has 0 aliphatic carbocycles. The highest BCUT2D eigenvalue weighted by Crippen LogP contribution is 2.13. The van der Waals surface area contributed by atoms with Crippen LogP contribution in [0.4, 0.5) is 13.2 Å². The fraction of sp³-hybridized carbons (Fsp3) is 0.625. The molecule has 0 bridgehead atoms. The van der Waals surface area contributed by atoms with E-state index in [-0.39, 0.29) is 11.7 Å². The van der Waals surface area contributed by atoms with Crippen LogP contribution in [0.5, 0.6) is 0 Å². The van der Waals surface area contributed by atoms with Gasteiger partial charge in [-0.1, -0.05) is 5.21 Å². The number of hydrogen-bond donors (Lipinski definition) is 2. The van der Waals surface area contributed by atoms with Crippen LogP contribution in [0.25, 0.3) is 0 Å². The van der Waals surface area contributed by atoms with E-state index < -0.39 is 18.6 Å². The van der Waals surface area contributed by atoms with Gasteiger partial charge in [0.25, 0.3) is 5.91 Å². The summed E-state index contributed by atoms with van der Waals surface area (Å²) < 4.78 is 37.1. The minimum absolute atomic E-state index is 0.110. The first-order valence-corrected chi connectivity index (χ1v) is 4.93. The third-order valence-electron chi connectivity index (χ3n) is 2.33. The average Bonchev–Trinajstić information content (AvgIpc) is 2.59. The fourth-order valence-electron chi connectivity index (χ4n) is 1.29. The second-order valence-electron chi connectivity index (χ2n) is 3.69. The first kappa shape index (κ1) is 11.8. The Morgan fingerprint density at radius 2 is 2.29 bits per heavy atom. The molecule has 0 saturated carbocycles. The first-order chi connectivity index (χ1) is 7.96. The summed E-state index contributed by atoms with van der Waals surface area (Å²) in [5.41, 5.74) is -0.110. The molecule has 6 nitrogen and oxygen atoms in total. The van der Waals surface area contributed by atoms with Gasteiger partial charge in [-0.3, -0.25) is 4.79 Å². The van der Waals surface area contributed by atoms with Gasteiger partial charge >= 0.3 is 6.18 Å². The maximum Gasteiger partial charge on any atom is 0.405 e. The summed E-state index contributed by atoms with van der Waals surface area (Å²) in [4.78, 5) is 11.3. The standard InChI is InChI=1S/C8H10F3N5O/c9-8(10,11)4-13-7(17)6-3-16(15-14-6)5-1-12-2-5/h3,5,12H,1-2,4H2,(H,13,17). The lowest BCUT2D eigenvalue weighted by Crippen LogP contribution is -2.43. The van der Waals surface area contributed by atoms with Crippen LogP contribution in [0.15, 0.2) is 6.20 Å². The maximum atomic E-state index is 11.9. The van der Waals surface area contributed by atoms with Crippen molar-refractivity contribution in [3.8, 4) is 0 Å². The smallest absolute Gasteiger partial charge is 0.341 e. The topological polar surface area (TPSA) is 71.8 Å². The van der Waals surface area contributed by atoms with Crippen LogP contribution in [0.1, 0.15) is 16.5 Å². The van der Waals surface area contributed by atoms with Crippen molar-refractivity contribution in [2.75, 3.05) is 19.6 Å². The molecule has 2 N–H and O–H groups in total. The summed E-state index contributed by atoms with van der Waals surface area (Å²) in [5.74, 6) is -0.874. The molecule has 0 unspecified atom stereocenters. The summed E-state index contributed by atoms with van der Waals surface area (Å²) in [6.45, 7) is 0.0591. The Morgan fingerprint density at radius 1 is 1.59 bits per heavy atom. The molecule has 17 heavy (non-hydrogen) atoms. The van der Waals surface area contributed by atoms with E-state index in [2.05, 4.69) is 15.6 Å². The van der Waals surface area contributed by atoms with E-state index >= 15 is 0 Å². The van der Waals surface area contributed by atoms with Crippen LogP contribution in [0.2, 0.25) is 0 Å². The molecule has 1 fully saturated rings. The molecule has 0 radical (unpaired) electrons. The van der Waals surface area contributed by atoms with Crippen LogP contribution in [0, 0.1) is 0 Å². The zero-order valence-electron chi connectivity index (χ0n) is 8.66. The number of carbonyl (C=O) groups is 1. The summed E-state index contributed by atoms with van der Waals surface area (Å²) in [6.07, 6.45) is -3.08. The third-order valence-corrected chi connectivity index (χ3v) is 2.33. The monoisotopic (exact) mass is 249 g/mol. The number of aromatic nitrogens is 3. The lowest BCUT2D eigenvalue weighted by Gasteiger charge is -2.26. The van der Waals surface area contributed by atoms with Crippen molar-refractivity contribution in [2.24, 2.45) is 0 Å². The molecular formula is C8H10F3N5O. The van der Waals surface area contributed by atoms with Gasteiger partial charge in [0, 0.05) is 13.1 Å². The normalized spacial score (nSPS) is 16.6. The number of nitrogens with one attached hydrogen (secondary N) is 2. The molecule has 94 valence electrons. The fourth-order valence-corrected chi connectivity index (χ4v) is 1.29. The van der Waals surface area contributed by atoms with E-state index in [4.69, 9.17) is 0 Å². The second kappa shape index (κ2) is 4.32. The lowest BCUT2D eigenvalue weighted by molar-refractivity contribution is -0.123. The van der Waals surface area contributed by atoms with Crippen LogP contribution < -0.4 is 10.6 Å². The molecular weight excluding hydrogens is 239 g/mol. The molecule has 0 spiro atoms. The molecule has 2 rings (SSSR count). The van der Waals surface area contributed by atoms with Crippen LogP contribution in [-0.4, -0.2) is 46.7 Å². The molecule has 9 heteroatoms. The van der Waals surface area contributed by atoms with E-state index in [1.807, 2.05) is 0 Å². The number of carbonyl (C=O) groups excluding carboxylic acids is 1. The van der Waals surface area contributed by atoms with Crippen molar-refractivity contribution < 1.29 is 18.0 Å². The van der Waals surface area contributed by atoms with Crippen LogP contribution >= 0.6 is 0 Å². The van der Waals surface area contributed by atoms with Crippen LogP contribution in [0.3, 0.4) is 0 Å². The number of alkyl halides is 3. The molecule has 1 saturated heterocycles. The molecule has 0 aromatic carbocycles. The Bertz CT molecular complexity index is 412. The molecule has 1 amide bonds. The van der Waals surface area contributed by atoms with E-state index in [0.717, 1.165) is 0 Å². The summed E-state index contributed by atoms with van der Waals surface area (Å²) in [5, 5.41) is 12.0. The molecule has 1 aromatic heterocycles. The largest absolute Gasteiger partial charge is 0.405 e. The molecule has 1 aromatic rings. The number of nitrogens with zero attached hydrogens (tertiary/aromatic N) is 3. The SMILES string of the molecule is O=C(NCC(F)(F)F)c1cn(C2CNC2)nn1. The van der Waals surface area contributed by atoms with Crippen molar-refractivity contribution in [2.45, 2.75) is 12.2 Å². The van der Waals surface area contributed by atoms with Crippen molar-refractivity contribution in [3.63, 3.8) is 0 Å². The highest BCUT2D eigenvalue weighted by Gasteiger charge is 2.29. The van der Waals surface area contributed by atoms with E-state index in [9.17, 15) is 18.0 Å². The van der Waals surface area contributed by atoms with E-state index in [1.165, 1.54) is 10.9 Å². The molecule has 0 atom stereocenters. The Kier molecular flexibility index (Phi) is 3.01. The Labute approximate surface area is 94.2 Å². The van der Waals surface area contributed by atoms with Crippen molar-refractivity contribution in [1.82, 2.24) is 25.6 Å². The zero-order chi connectivity index (χ0) is 12.5. The predicted octanol–water partition coefficient (Wildman–Crippen LogP) is -0.286. The number of rotatable bonds is 3. The Hall–Kier alpha value is -1.64. The Morgan fingerprint density at radius 3 is 2.82 bits per heavy atom. The third kappa shape index (κ3) is 2.93. The number of hydrogen-bond acceptors (Lipinski definition) is 4. The summed E-state index contributed by atoms with van der Waals surface area (Å²) in [7, 11) is 0. The minimum Gasteiger partial charge on any atom is -0.341 e.